The number of allylic oxidation sites excluding steroid dienone is 2. The first-order valence-electron chi connectivity index (χ1n) is 21.6. The van der Waals surface area contributed by atoms with Gasteiger partial charge in [-0.2, -0.15) is 8.62 Å². The number of thiocarbonyl (C=S) groups is 2. The highest BCUT2D eigenvalue weighted by molar-refractivity contribution is 7.80. The van der Waals surface area contributed by atoms with Gasteiger partial charge in [0, 0.05) is 25.7 Å². The van der Waals surface area contributed by atoms with E-state index >= 15 is 0 Å². The normalized spacial score (nSPS) is 19.6. The number of hydrogen-bond acceptors (Lipinski definition) is 13. The first-order valence-corrected chi connectivity index (χ1v) is 30.0. The molecule has 4 aromatic carbocycles. The quantitative estimate of drug-likeness (QED) is 0.0177. The maximum absolute atomic E-state index is 12.7. The number of isothiocyanates is 1. The van der Waals surface area contributed by atoms with Crippen LogP contribution in [-0.4, -0.2) is 77.9 Å². The molecule has 372 valence electrons. The molecular weight excluding hydrogens is 1030 g/mol. The summed E-state index contributed by atoms with van der Waals surface area (Å²) in [6.45, 7) is 4.95. The Hall–Kier alpha value is -5.18. The Bertz CT molecular complexity index is 3200. The predicted molar refractivity (Wildman–Crippen MR) is 278 cm³/mol. The lowest BCUT2D eigenvalue weighted by Gasteiger charge is -2.27. The van der Waals surface area contributed by atoms with Gasteiger partial charge in [-0.1, -0.05) is 134 Å². The summed E-state index contributed by atoms with van der Waals surface area (Å²) in [5.41, 5.74) is 7.49. The lowest BCUT2D eigenvalue weighted by molar-refractivity contribution is -0.0450. The first kappa shape index (κ1) is 53.6. The summed E-state index contributed by atoms with van der Waals surface area (Å²) in [5.74, 6) is 0. The Morgan fingerprint density at radius 3 is 1.94 bits per heavy atom. The minimum Gasteiger partial charge on any atom is -0.390 e. The molecule has 0 saturated carbocycles. The Kier molecular flexibility index (Phi) is 17.1. The van der Waals surface area contributed by atoms with E-state index in [2.05, 4.69) is 149 Å². The summed E-state index contributed by atoms with van der Waals surface area (Å²) in [5, 5.41) is 22.3. The van der Waals surface area contributed by atoms with E-state index in [9.17, 15) is 38.2 Å². The Balaban J connectivity index is 0.995. The minimum absolute atomic E-state index is 0.0310. The Morgan fingerprint density at radius 1 is 0.831 bits per heavy atom. The largest absolute Gasteiger partial charge is 0.490 e. The highest BCUT2D eigenvalue weighted by atomic mass is 32.1. The number of nitrogens with one attached hydrogen (secondary N) is 3. The van der Waals surface area contributed by atoms with Crippen molar-refractivity contribution in [3.8, 4) is 0 Å². The first-order chi connectivity index (χ1) is 33.6. The number of rotatable bonds is 19. The molecule has 0 radical (unpaired) electrons. The number of aliphatic hydroxyl groups excluding tert-OH is 1. The van der Waals surface area contributed by atoms with Gasteiger partial charge in [0.2, 0.25) is 0 Å². The standard InChI is InChI=1S/C46H48N5O14P3S2Si/c1-71(2)42(34-19-15-30(16-20-34)25-47-29-69)40(32-10-5-3-6-11-32)41(33-12-7-4-8-13-33)43(71)35-21-17-31(18-22-35)26-49-45(70)48-23-9-14-36-27-51(46(54)50-44(36)53)39-24-37(52)38(63-39)28-62-67(58,59)65-68(60,61)64-66(55,56)57/h3-22,27,37-39,52H,23-26,28H2,1-2H3,(H,58,59)(H,60,61)(H2,48,49,70)(H,50,53,54)(H2,55,56,57)/b14-9+/t37?,38-,39-/m1/s1. The molecule has 0 aliphatic carbocycles. The van der Waals surface area contributed by atoms with E-state index in [-0.39, 0.29) is 18.5 Å². The average Bonchev–Trinajstić information content (AvgIpc) is 3.81. The van der Waals surface area contributed by atoms with Crippen molar-refractivity contribution in [1.82, 2.24) is 20.2 Å². The second-order valence-electron chi connectivity index (χ2n) is 16.7. The average molecular weight is 1080 g/mol. The molecule has 0 spiro atoms. The number of H-pyrrole nitrogens is 1. The zero-order chi connectivity index (χ0) is 51.1. The second-order valence-corrected chi connectivity index (χ2v) is 26.0. The van der Waals surface area contributed by atoms with Crippen molar-refractivity contribution in [2.24, 2.45) is 4.99 Å². The molecule has 1 aromatic heterocycles. The lowest BCUT2D eigenvalue weighted by Crippen LogP contribution is -2.35. The van der Waals surface area contributed by atoms with Crippen molar-refractivity contribution in [1.29, 1.82) is 0 Å². The highest BCUT2D eigenvalue weighted by Crippen LogP contribution is 2.66. The molecule has 1 saturated heterocycles. The van der Waals surface area contributed by atoms with Gasteiger partial charge in [-0.15, -0.1) is 0 Å². The predicted octanol–water partition coefficient (Wildman–Crippen LogP) is 7.13. The second kappa shape index (κ2) is 22.7. The molecule has 0 bridgehead atoms. The van der Waals surface area contributed by atoms with Gasteiger partial charge in [0.05, 0.1) is 30.0 Å². The molecule has 1 fully saturated rings. The van der Waals surface area contributed by atoms with E-state index in [1.54, 1.807) is 6.08 Å². The molecule has 5 aromatic rings. The molecule has 2 aliphatic heterocycles. The molecule has 19 nitrogen and oxygen atoms in total. The molecule has 8 N–H and O–H groups in total. The van der Waals surface area contributed by atoms with Crippen molar-refractivity contribution in [3.63, 3.8) is 0 Å². The number of aromatic amines is 1. The van der Waals surface area contributed by atoms with Gasteiger partial charge in [-0.3, -0.25) is 18.9 Å². The zero-order valence-electron chi connectivity index (χ0n) is 37.9. The van der Waals surface area contributed by atoms with Crippen molar-refractivity contribution >= 4 is 93.9 Å². The zero-order valence-corrected chi connectivity index (χ0v) is 43.2. The maximum Gasteiger partial charge on any atom is 0.490 e. The van der Waals surface area contributed by atoms with Crippen LogP contribution in [0.2, 0.25) is 13.1 Å². The highest BCUT2D eigenvalue weighted by Gasteiger charge is 2.45. The van der Waals surface area contributed by atoms with Gasteiger partial charge in [0.1, 0.15) is 20.4 Å². The number of benzene rings is 4. The van der Waals surface area contributed by atoms with Gasteiger partial charge >= 0.3 is 29.2 Å². The molecule has 0 amide bonds. The lowest BCUT2D eigenvalue weighted by atomic mass is 9.89. The van der Waals surface area contributed by atoms with E-state index in [1.807, 2.05) is 12.1 Å². The fraction of sp³-hybridized carbons (Fsp3) is 0.217. The van der Waals surface area contributed by atoms with Crippen LogP contribution in [0.1, 0.15) is 51.6 Å². The van der Waals surface area contributed by atoms with Crippen LogP contribution in [0.4, 0.5) is 0 Å². The molecule has 25 heteroatoms. The van der Waals surface area contributed by atoms with Crippen LogP contribution in [-0.2, 0) is 44.7 Å². The van der Waals surface area contributed by atoms with Gasteiger partial charge in [0.15, 0.2) is 5.11 Å². The van der Waals surface area contributed by atoms with E-state index in [1.165, 1.54) is 39.4 Å². The van der Waals surface area contributed by atoms with E-state index in [0.29, 0.717) is 18.2 Å². The summed E-state index contributed by atoms with van der Waals surface area (Å²) < 4.78 is 53.1. The molecule has 71 heavy (non-hydrogen) atoms. The van der Waals surface area contributed by atoms with Crippen LogP contribution in [0, 0.1) is 0 Å². The van der Waals surface area contributed by atoms with Crippen molar-refractivity contribution in [2.45, 2.75) is 51.0 Å². The smallest absolute Gasteiger partial charge is 0.390 e. The summed E-state index contributed by atoms with van der Waals surface area (Å²) in [6, 6.07) is 38.2. The third-order valence-electron chi connectivity index (χ3n) is 11.4. The summed E-state index contributed by atoms with van der Waals surface area (Å²) in [4.78, 5) is 68.3. The Morgan fingerprint density at radius 2 is 1.39 bits per heavy atom. The number of nitrogens with zero attached hydrogens (tertiary/aromatic N) is 2. The van der Waals surface area contributed by atoms with Crippen LogP contribution in [0.5, 0.6) is 0 Å². The fourth-order valence-electron chi connectivity index (χ4n) is 8.41. The molecule has 3 heterocycles. The van der Waals surface area contributed by atoms with Crippen LogP contribution >= 0.6 is 47.9 Å². The maximum atomic E-state index is 12.7. The fourth-order valence-corrected chi connectivity index (χ4v) is 15.5. The van der Waals surface area contributed by atoms with Crippen LogP contribution in [0.25, 0.3) is 27.6 Å². The van der Waals surface area contributed by atoms with Crippen molar-refractivity contribution < 1.29 is 56.3 Å². The molecule has 3 unspecified atom stereocenters. The SMILES string of the molecule is C[Si]1(C)C(c2ccc(CN=C=S)cc2)=C(c2ccccc2)C(c2ccccc2)=C1c1ccc(CNC(=S)NC/C=C/c2cn([C@H]3CC(O)[C@@H](COP(=O)(O)OP(=O)(O)OP(=O)(O)O)O3)c(=O)[nH]c2=O)cc1. The van der Waals surface area contributed by atoms with Crippen molar-refractivity contribution in [2.75, 3.05) is 13.2 Å². The van der Waals surface area contributed by atoms with Crippen molar-refractivity contribution in [3.05, 3.63) is 181 Å². The number of ether oxygens (including phenoxy) is 1. The number of aliphatic imine (C=N–C) groups is 1. The number of phosphoric ester groups is 1. The number of aromatic nitrogens is 2. The number of hydrogen-bond donors (Lipinski definition) is 8. The van der Waals surface area contributed by atoms with E-state index in [0.717, 1.165) is 32.4 Å². The minimum atomic E-state index is -5.77. The van der Waals surface area contributed by atoms with Gasteiger partial charge in [-0.25, -0.2) is 23.5 Å². The summed E-state index contributed by atoms with van der Waals surface area (Å²) >= 11 is 10.4. The van der Waals surface area contributed by atoms with E-state index in [4.69, 9.17) is 39.0 Å². The molecular formula is C46H48N5O14P3S2Si. The van der Waals surface area contributed by atoms with Gasteiger partial charge in [0.25, 0.3) is 5.56 Å². The Labute approximate surface area is 418 Å². The van der Waals surface area contributed by atoms with Crippen LogP contribution in [0.15, 0.2) is 136 Å². The molecule has 2 aliphatic rings. The van der Waals surface area contributed by atoms with E-state index < -0.39 is 67.8 Å². The third kappa shape index (κ3) is 13.7. The molecule has 7 rings (SSSR count). The van der Waals surface area contributed by atoms with Gasteiger partial charge in [-0.05, 0) is 79.4 Å². The van der Waals surface area contributed by atoms with Crippen LogP contribution in [0.3, 0.4) is 0 Å². The number of aliphatic hydroxyl groups is 1. The topological polar surface area (TPSA) is 281 Å². The molecule has 5 atom stereocenters. The number of phosphoric acid groups is 3. The third-order valence-corrected chi connectivity index (χ3v) is 19.2. The summed E-state index contributed by atoms with van der Waals surface area (Å²) in [7, 11) is -19.3. The van der Waals surface area contributed by atoms with Gasteiger partial charge < -0.3 is 40.1 Å². The van der Waals surface area contributed by atoms with Crippen LogP contribution < -0.4 is 21.9 Å². The summed E-state index contributed by atoms with van der Waals surface area (Å²) in [6.07, 6.45) is -0.0649. The monoisotopic (exact) mass is 1080 g/mol.